The Kier molecular flexibility index (Phi) is 2.76. The zero-order valence-corrected chi connectivity index (χ0v) is 9.92. The van der Waals surface area contributed by atoms with Gasteiger partial charge in [0.1, 0.15) is 0 Å². The monoisotopic (exact) mass is 206 g/mol. The van der Waals surface area contributed by atoms with Crippen molar-refractivity contribution in [3.05, 3.63) is 23.8 Å². The molecule has 0 heterocycles. The first-order valence-electron chi connectivity index (χ1n) is 6.09. The third-order valence-corrected chi connectivity index (χ3v) is 4.23. The molecule has 3 unspecified atom stereocenters. The number of aliphatic hydroxyl groups is 1. The standard InChI is InChI=1S/C14H22O/c1-10(2)5-4-8-14(15)11(3)12-6-7-13(14)9-12/h5,12-13,15H,3-4,6-9H2,1-2H3. The highest BCUT2D eigenvalue weighted by molar-refractivity contribution is 5.27. The fourth-order valence-electron chi connectivity index (χ4n) is 3.29. The highest BCUT2D eigenvalue weighted by Crippen LogP contribution is 2.55. The molecule has 2 bridgehead atoms. The average Bonchev–Trinajstić information content (AvgIpc) is 2.70. The van der Waals surface area contributed by atoms with Crippen molar-refractivity contribution in [2.75, 3.05) is 0 Å². The Bertz CT molecular complexity index is 298. The number of allylic oxidation sites excluding steroid dienone is 2. The van der Waals surface area contributed by atoms with E-state index >= 15 is 0 Å². The summed E-state index contributed by atoms with van der Waals surface area (Å²) in [4.78, 5) is 0. The molecule has 0 amide bonds. The van der Waals surface area contributed by atoms with Gasteiger partial charge in [-0.15, -0.1) is 0 Å². The first kappa shape index (κ1) is 10.9. The summed E-state index contributed by atoms with van der Waals surface area (Å²) in [5.74, 6) is 1.12. The van der Waals surface area contributed by atoms with Crippen molar-refractivity contribution in [2.45, 2.75) is 51.6 Å². The van der Waals surface area contributed by atoms with E-state index < -0.39 is 5.60 Å². The second-order valence-electron chi connectivity index (χ2n) is 5.48. The van der Waals surface area contributed by atoms with E-state index in [-0.39, 0.29) is 0 Å². The average molecular weight is 206 g/mol. The van der Waals surface area contributed by atoms with Crippen LogP contribution in [0.4, 0.5) is 0 Å². The van der Waals surface area contributed by atoms with Crippen molar-refractivity contribution in [2.24, 2.45) is 11.8 Å². The van der Waals surface area contributed by atoms with Crippen molar-refractivity contribution < 1.29 is 5.11 Å². The van der Waals surface area contributed by atoms with E-state index in [1.54, 1.807) is 0 Å². The predicted molar refractivity (Wildman–Crippen MR) is 63.6 cm³/mol. The molecule has 0 radical (unpaired) electrons. The third kappa shape index (κ3) is 1.78. The first-order valence-corrected chi connectivity index (χ1v) is 6.09. The minimum Gasteiger partial charge on any atom is -0.385 e. The van der Waals surface area contributed by atoms with Crippen LogP contribution in [0.5, 0.6) is 0 Å². The van der Waals surface area contributed by atoms with Gasteiger partial charge < -0.3 is 5.11 Å². The van der Waals surface area contributed by atoms with Gasteiger partial charge in [0.25, 0.3) is 0 Å². The fourth-order valence-corrected chi connectivity index (χ4v) is 3.29. The highest BCUT2D eigenvalue weighted by Gasteiger charge is 2.52. The Labute approximate surface area is 92.9 Å². The minimum atomic E-state index is -0.533. The summed E-state index contributed by atoms with van der Waals surface area (Å²) in [7, 11) is 0. The topological polar surface area (TPSA) is 20.2 Å². The Morgan fingerprint density at radius 1 is 1.53 bits per heavy atom. The molecule has 2 aliphatic carbocycles. The molecule has 0 aromatic rings. The van der Waals surface area contributed by atoms with E-state index in [4.69, 9.17) is 0 Å². The van der Waals surface area contributed by atoms with E-state index in [1.807, 2.05) is 0 Å². The maximum absolute atomic E-state index is 10.6. The highest BCUT2D eigenvalue weighted by atomic mass is 16.3. The van der Waals surface area contributed by atoms with Gasteiger partial charge in [0.05, 0.1) is 5.60 Å². The van der Waals surface area contributed by atoms with Crippen LogP contribution in [0.2, 0.25) is 0 Å². The molecule has 1 nitrogen and oxygen atoms in total. The summed E-state index contributed by atoms with van der Waals surface area (Å²) in [6.07, 6.45) is 7.73. The summed E-state index contributed by atoms with van der Waals surface area (Å²) in [5, 5.41) is 10.6. The van der Waals surface area contributed by atoms with E-state index in [2.05, 4.69) is 26.5 Å². The maximum atomic E-state index is 10.6. The number of fused-ring (bicyclic) bond motifs is 2. The van der Waals surface area contributed by atoms with Gasteiger partial charge in [0, 0.05) is 0 Å². The molecule has 2 fully saturated rings. The van der Waals surface area contributed by atoms with Crippen LogP contribution >= 0.6 is 0 Å². The van der Waals surface area contributed by atoms with E-state index in [0.717, 1.165) is 18.4 Å². The van der Waals surface area contributed by atoms with Crippen molar-refractivity contribution in [3.8, 4) is 0 Å². The van der Waals surface area contributed by atoms with Gasteiger partial charge in [0.2, 0.25) is 0 Å². The van der Waals surface area contributed by atoms with Gasteiger partial charge in [-0.25, -0.2) is 0 Å². The Morgan fingerprint density at radius 2 is 2.27 bits per heavy atom. The minimum absolute atomic E-state index is 0.501. The van der Waals surface area contributed by atoms with Crippen LogP contribution in [0.3, 0.4) is 0 Å². The lowest BCUT2D eigenvalue weighted by Crippen LogP contribution is -2.36. The molecule has 84 valence electrons. The van der Waals surface area contributed by atoms with Gasteiger partial charge in [-0.05, 0) is 63.4 Å². The zero-order valence-electron chi connectivity index (χ0n) is 9.92. The lowest BCUT2D eigenvalue weighted by molar-refractivity contribution is 0.0208. The summed E-state index contributed by atoms with van der Waals surface area (Å²) < 4.78 is 0. The van der Waals surface area contributed by atoms with Crippen LogP contribution in [0.25, 0.3) is 0 Å². The van der Waals surface area contributed by atoms with Crippen molar-refractivity contribution in [1.82, 2.24) is 0 Å². The largest absolute Gasteiger partial charge is 0.385 e. The third-order valence-electron chi connectivity index (χ3n) is 4.23. The summed E-state index contributed by atoms with van der Waals surface area (Å²) in [6, 6.07) is 0. The molecule has 2 rings (SSSR count). The van der Waals surface area contributed by atoms with Crippen LogP contribution in [0.15, 0.2) is 23.8 Å². The van der Waals surface area contributed by atoms with Crippen LogP contribution in [-0.4, -0.2) is 10.7 Å². The van der Waals surface area contributed by atoms with Gasteiger partial charge in [-0.3, -0.25) is 0 Å². The molecule has 2 aliphatic rings. The molecule has 0 saturated heterocycles. The molecule has 0 aromatic heterocycles. The summed E-state index contributed by atoms with van der Waals surface area (Å²) in [5.41, 5.74) is 1.93. The molecule has 3 atom stereocenters. The van der Waals surface area contributed by atoms with Gasteiger partial charge in [-0.1, -0.05) is 18.2 Å². The molecule has 1 heteroatoms. The van der Waals surface area contributed by atoms with Crippen molar-refractivity contribution in [1.29, 1.82) is 0 Å². The molecule has 0 spiro atoms. The van der Waals surface area contributed by atoms with Crippen LogP contribution in [0.1, 0.15) is 46.0 Å². The normalized spacial score (nSPS) is 38.5. The molecule has 0 aromatic carbocycles. The quantitative estimate of drug-likeness (QED) is 0.701. The van der Waals surface area contributed by atoms with E-state index in [0.29, 0.717) is 11.8 Å². The molecule has 1 N–H and O–H groups in total. The predicted octanol–water partition coefficient (Wildman–Crippen LogP) is 3.45. The number of rotatable bonds is 3. The molecule has 0 aliphatic heterocycles. The number of hydrogen-bond acceptors (Lipinski definition) is 1. The van der Waals surface area contributed by atoms with Crippen LogP contribution < -0.4 is 0 Å². The lowest BCUT2D eigenvalue weighted by atomic mass is 9.78. The second-order valence-corrected chi connectivity index (χ2v) is 5.48. The first-order chi connectivity index (χ1) is 7.04. The second kappa shape index (κ2) is 3.79. The summed E-state index contributed by atoms with van der Waals surface area (Å²) in [6.45, 7) is 8.34. The Balaban J connectivity index is 2.01. The lowest BCUT2D eigenvalue weighted by Gasteiger charge is -2.34. The molecular formula is C14H22O. The Hall–Kier alpha value is -0.560. The van der Waals surface area contributed by atoms with Crippen LogP contribution in [0, 0.1) is 11.8 Å². The van der Waals surface area contributed by atoms with E-state index in [9.17, 15) is 5.11 Å². The van der Waals surface area contributed by atoms with Gasteiger partial charge >= 0.3 is 0 Å². The van der Waals surface area contributed by atoms with Crippen molar-refractivity contribution in [3.63, 3.8) is 0 Å². The van der Waals surface area contributed by atoms with Crippen LogP contribution in [-0.2, 0) is 0 Å². The summed E-state index contributed by atoms with van der Waals surface area (Å²) >= 11 is 0. The number of hydrogen-bond donors (Lipinski definition) is 1. The van der Waals surface area contributed by atoms with Gasteiger partial charge in [-0.2, -0.15) is 0 Å². The smallest absolute Gasteiger partial charge is 0.0888 e. The van der Waals surface area contributed by atoms with Gasteiger partial charge in [0.15, 0.2) is 0 Å². The SMILES string of the molecule is C=C1C2CCC(C2)C1(O)CCC=C(C)C. The maximum Gasteiger partial charge on any atom is 0.0888 e. The molecule has 2 saturated carbocycles. The van der Waals surface area contributed by atoms with E-state index in [1.165, 1.54) is 24.8 Å². The molecular weight excluding hydrogens is 184 g/mol. The fraction of sp³-hybridized carbons (Fsp3) is 0.714. The molecule has 15 heavy (non-hydrogen) atoms. The Morgan fingerprint density at radius 3 is 2.80 bits per heavy atom. The zero-order chi connectivity index (χ0) is 11.1. The van der Waals surface area contributed by atoms with Crippen molar-refractivity contribution >= 4 is 0 Å².